The second-order valence-electron chi connectivity index (χ2n) is 14.8. The van der Waals surface area contributed by atoms with Crippen molar-refractivity contribution in [3.63, 3.8) is 0 Å². The van der Waals surface area contributed by atoms with Gasteiger partial charge in [-0.1, -0.05) is 30.3 Å². The van der Waals surface area contributed by atoms with Crippen molar-refractivity contribution in [1.82, 2.24) is 30.7 Å². The lowest BCUT2D eigenvalue weighted by Crippen LogP contribution is -2.63. The van der Waals surface area contributed by atoms with Crippen LogP contribution in [0.3, 0.4) is 0 Å². The zero-order valence-electron chi connectivity index (χ0n) is 34.0. The second-order valence-corrected chi connectivity index (χ2v) is 14.8. The van der Waals surface area contributed by atoms with Crippen molar-refractivity contribution in [3.05, 3.63) is 83.4 Å². The molecule has 4 N–H and O–H groups in total. The van der Waals surface area contributed by atoms with Gasteiger partial charge >= 0.3 is 11.8 Å². The normalized spacial score (nSPS) is 24.5. The number of aliphatic hydroxyl groups is 1. The van der Waals surface area contributed by atoms with E-state index in [2.05, 4.69) is 16.0 Å². The highest BCUT2D eigenvalue weighted by Crippen LogP contribution is 2.34. The third-order valence-electron chi connectivity index (χ3n) is 10.8. The van der Waals surface area contributed by atoms with Crippen LogP contribution >= 0.6 is 0 Å². The molecule has 0 spiro atoms. The van der Waals surface area contributed by atoms with E-state index in [0.29, 0.717) is 34.1 Å². The molecule has 7 unspecified atom stereocenters. The molecular formula is C42H52N6O10. The van der Waals surface area contributed by atoms with Crippen LogP contribution in [0.25, 0.3) is 0 Å². The molecule has 58 heavy (non-hydrogen) atoms. The van der Waals surface area contributed by atoms with Crippen molar-refractivity contribution in [2.24, 2.45) is 0 Å². The van der Waals surface area contributed by atoms with Crippen molar-refractivity contribution in [3.8, 4) is 23.0 Å². The van der Waals surface area contributed by atoms with E-state index in [1.807, 2.05) is 0 Å². The number of nitrogens with zero attached hydrogens (tertiary/aromatic N) is 3. The average Bonchev–Trinajstić information content (AvgIpc) is 3.21. The lowest BCUT2D eigenvalue weighted by atomic mass is 9.97. The van der Waals surface area contributed by atoms with Crippen LogP contribution < -0.4 is 30.2 Å². The summed E-state index contributed by atoms with van der Waals surface area (Å²) in [7, 11) is 7.26. The molecule has 0 radical (unpaired) electrons. The third-order valence-corrected chi connectivity index (χ3v) is 10.8. The number of likely N-dealkylation sites (N-methyl/N-ethyl adjacent to an activating group) is 3. The summed E-state index contributed by atoms with van der Waals surface area (Å²) >= 11 is 0. The number of methoxy groups -OCH3 is 2. The number of hydrogen-bond donors (Lipinski definition) is 4. The minimum absolute atomic E-state index is 0.0334. The minimum atomic E-state index is -1.46. The number of hydrogen-bond acceptors (Lipinski definition) is 10. The third kappa shape index (κ3) is 9.68. The Morgan fingerprint density at radius 3 is 2.00 bits per heavy atom. The van der Waals surface area contributed by atoms with Crippen molar-refractivity contribution in [1.29, 1.82) is 0 Å². The van der Waals surface area contributed by atoms with E-state index in [9.17, 15) is 33.9 Å². The molecule has 3 aromatic rings. The van der Waals surface area contributed by atoms with Gasteiger partial charge in [-0.05, 0) is 80.3 Å². The number of amides is 6. The summed E-state index contributed by atoms with van der Waals surface area (Å²) in [5, 5.41) is 18.8. The first-order chi connectivity index (χ1) is 27.5. The Balaban J connectivity index is 1.60. The number of benzene rings is 3. The number of fused-ring (bicyclic) bond motifs is 2. The van der Waals surface area contributed by atoms with E-state index < -0.39 is 77.8 Å². The topological polar surface area (TPSA) is 196 Å². The molecule has 1 saturated heterocycles. The Hall–Kier alpha value is -6.16. The van der Waals surface area contributed by atoms with E-state index in [4.69, 9.17) is 14.2 Å². The van der Waals surface area contributed by atoms with Gasteiger partial charge in [0.15, 0.2) is 11.5 Å². The number of carbonyl (C=O) groups excluding carboxylic acids is 6. The molecule has 6 amide bonds. The van der Waals surface area contributed by atoms with Crippen LogP contribution in [0.15, 0.2) is 66.7 Å². The molecule has 6 rings (SSSR count). The monoisotopic (exact) mass is 800 g/mol. The summed E-state index contributed by atoms with van der Waals surface area (Å²) in [6.45, 7) is 4.40. The molecule has 6 bridgehead atoms. The lowest BCUT2D eigenvalue weighted by molar-refractivity contribution is -0.152. The number of aliphatic hydroxyl groups excluding tert-OH is 1. The first kappa shape index (κ1) is 43.0. The van der Waals surface area contributed by atoms with E-state index in [0.717, 1.165) is 10.5 Å². The summed E-state index contributed by atoms with van der Waals surface area (Å²) < 4.78 is 17.0. The number of rotatable bonds is 5. The molecule has 1 fully saturated rings. The Bertz CT molecular complexity index is 2010. The van der Waals surface area contributed by atoms with Gasteiger partial charge in [0.1, 0.15) is 35.7 Å². The maximum Gasteiger partial charge on any atom is 0.312 e. The maximum absolute atomic E-state index is 14.7. The van der Waals surface area contributed by atoms with Gasteiger partial charge in [0.25, 0.3) is 0 Å². The zero-order valence-corrected chi connectivity index (χ0v) is 34.0. The highest BCUT2D eigenvalue weighted by molar-refractivity contribution is 6.35. The fraction of sp³-hybridized carbons (Fsp3) is 0.429. The van der Waals surface area contributed by atoms with Crippen LogP contribution in [0.1, 0.15) is 37.5 Å². The Labute approximate surface area is 337 Å². The molecule has 310 valence electrons. The highest BCUT2D eigenvalue weighted by Gasteiger charge is 2.40. The molecule has 3 heterocycles. The quantitative estimate of drug-likeness (QED) is 0.273. The Kier molecular flexibility index (Phi) is 13.6. The molecule has 0 aliphatic carbocycles. The van der Waals surface area contributed by atoms with E-state index >= 15 is 0 Å². The van der Waals surface area contributed by atoms with Gasteiger partial charge in [-0.2, -0.15) is 0 Å². The summed E-state index contributed by atoms with van der Waals surface area (Å²) in [6.07, 6.45) is -1.28. The second kappa shape index (κ2) is 18.4. The summed E-state index contributed by atoms with van der Waals surface area (Å²) in [4.78, 5) is 88.2. The van der Waals surface area contributed by atoms with Gasteiger partial charge in [-0.3, -0.25) is 28.8 Å². The number of carbonyl (C=O) groups is 6. The predicted octanol–water partition coefficient (Wildman–Crippen LogP) is 1.21. The van der Waals surface area contributed by atoms with Crippen molar-refractivity contribution in [2.75, 3.05) is 35.4 Å². The molecule has 16 nitrogen and oxygen atoms in total. The molecule has 3 aliphatic rings. The smallest absolute Gasteiger partial charge is 0.312 e. The molecule has 7 atom stereocenters. The predicted molar refractivity (Wildman–Crippen MR) is 212 cm³/mol. The van der Waals surface area contributed by atoms with Crippen molar-refractivity contribution < 1.29 is 48.1 Å². The van der Waals surface area contributed by atoms with E-state index in [-0.39, 0.29) is 19.3 Å². The highest BCUT2D eigenvalue weighted by atomic mass is 16.5. The van der Waals surface area contributed by atoms with Gasteiger partial charge in [0, 0.05) is 40.0 Å². The zero-order chi connectivity index (χ0) is 42.4. The molecule has 3 aromatic carbocycles. The standard InChI is InChI=1S/C42H52N6O10/c1-23-31(19-26-9-14-29(56-7)15-10-26)46(4)41(54)36(25(3)49)45-37(50)24(2)44-38(51)32-21-28-13-18-34(57-8)35(22-28)58-30-16-11-27(12-17-30)20-33(40(53)47(32)5)48(6)42(55)39(52)43-23/h9-18,22-25,31-33,36,49H,19-21H2,1-8H3,(H,43,52)(H,44,51)(H,45,50). The largest absolute Gasteiger partial charge is 0.497 e. The number of nitrogens with one attached hydrogen (secondary N) is 3. The van der Waals surface area contributed by atoms with Crippen molar-refractivity contribution >= 4 is 35.4 Å². The molecule has 0 saturated carbocycles. The first-order valence-electron chi connectivity index (χ1n) is 19.0. The van der Waals surface area contributed by atoms with E-state index in [1.54, 1.807) is 73.7 Å². The lowest BCUT2D eigenvalue weighted by Gasteiger charge is -2.38. The van der Waals surface area contributed by atoms with Gasteiger partial charge < -0.3 is 50.0 Å². The molecule has 0 aromatic heterocycles. The first-order valence-corrected chi connectivity index (χ1v) is 19.0. The molecular weight excluding hydrogens is 748 g/mol. The fourth-order valence-corrected chi connectivity index (χ4v) is 7.12. The number of ether oxygens (including phenoxy) is 3. The average molecular weight is 801 g/mol. The van der Waals surface area contributed by atoms with Crippen LogP contribution in [0.5, 0.6) is 23.0 Å². The van der Waals surface area contributed by atoms with Gasteiger partial charge in [-0.25, -0.2) is 0 Å². The minimum Gasteiger partial charge on any atom is -0.497 e. The summed E-state index contributed by atoms with van der Waals surface area (Å²) in [5.41, 5.74) is 1.97. The fourth-order valence-electron chi connectivity index (χ4n) is 7.12. The van der Waals surface area contributed by atoms with Crippen molar-refractivity contribution in [2.45, 2.75) is 82.4 Å². The van der Waals surface area contributed by atoms with Crippen LogP contribution in [0.4, 0.5) is 0 Å². The summed E-state index contributed by atoms with van der Waals surface area (Å²) in [6, 6.07) is 12.2. The van der Waals surface area contributed by atoms with Crippen LogP contribution in [0.2, 0.25) is 0 Å². The molecule has 3 aliphatic heterocycles. The van der Waals surface area contributed by atoms with Gasteiger partial charge in [-0.15, -0.1) is 0 Å². The van der Waals surface area contributed by atoms with Gasteiger partial charge in [0.2, 0.25) is 23.6 Å². The van der Waals surface area contributed by atoms with Crippen LogP contribution in [-0.4, -0.2) is 133 Å². The Morgan fingerprint density at radius 1 is 0.741 bits per heavy atom. The van der Waals surface area contributed by atoms with Crippen LogP contribution in [0, 0.1) is 0 Å². The van der Waals surface area contributed by atoms with E-state index in [1.165, 1.54) is 59.0 Å². The van der Waals surface area contributed by atoms with Crippen LogP contribution in [-0.2, 0) is 48.0 Å². The molecule has 16 heteroatoms. The SMILES string of the molecule is COc1ccc(CC2C(C)NC(=O)C(=O)N(C)C3Cc4ccc(cc4)Oc4cc(ccc4OC)CC(C(=O)NC(C)C(=O)NC(C(C)O)C(=O)N2C)N(C)C3=O)cc1. The Morgan fingerprint density at radius 2 is 1.38 bits per heavy atom. The summed E-state index contributed by atoms with van der Waals surface area (Å²) in [5.74, 6) is -3.01. The maximum atomic E-state index is 14.7. The van der Waals surface area contributed by atoms with Gasteiger partial charge in [0.05, 0.1) is 26.4 Å².